The summed E-state index contributed by atoms with van der Waals surface area (Å²) in [5.74, 6) is 2.12. The van der Waals surface area contributed by atoms with Gasteiger partial charge in [0.05, 0.1) is 19.0 Å². The summed E-state index contributed by atoms with van der Waals surface area (Å²) in [5.41, 5.74) is 4.62. The number of fused-ring (bicyclic) bond motifs is 1. The lowest BCUT2D eigenvalue weighted by molar-refractivity contribution is 0.408. The highest BCUT2D eigenvalue weighted by atomic mass is 16.5. The fourth-order valence-electron chi connectivity index (χ4n) is 3.41. The first kappa shape index (κ1) is 15.5. The van der Waals surface area contributed by atoms with Gasteiger partial charge in [-0.05, 0) is 24.3 Å². The van der Waals surface area contributed by atoms with Crippen LogP contribution in [0.25, 0.3) is 0 Å². The SMILES string of the molecule is COc1ccccc1C1CNc2ncc(N(C)c3ccccc3)cc21. The van der Waals surface area contributed by atoms with Crippen LogP contribution in [-0.4, -0.2) is 25.7 Å². The Labute approximate surface area is 148 Å². The maximum absolute atomic E-state index is 5.56. The molecule has 0 amide bonds. The smallest absolute Gasteiger partial charge is 0.130 e. The molecule has 4 heteroatoms. The molecule has 1 atom stereocenters. The zero-order valence-electron chi connectivity index (χ0n) is 14.4. The summed E-state index contributed by atoms with van der Waals surface area (Å²) in [6, 6.07) is 20.8. The summed E-state index contributed by atoms with van der Waals surface area (Å²) in [6.45, 7) is 0.835. The molecule has 2 aromatic carbocycles. The van der Waals surface area contributed by atoms with Crippen LogP contribution in [0.15, 0.2) is 66.9 Å². The van der Waals surface area contributed by atoms with E-state index in [1.54, 1.807) is 7.11 Å². The summed E-state index contributed by atoms with van der Waals surface area (Å²) < 4.78 is 5.56. The molecule has 126 valence electrons. The van der Waals surface area contributed by atoms with Crippen LogP contribution in [0.5, 0.6) is 5.75 Å². The van der Waals surface area contributed by atoms with Crippen LogP contribution in [0.4, 0.5) is 17.2 Å². The molecule has 1 aliphatic heterocycles. The summed E-state index contributed by atoms with van der Waals surface area (Å²) >= 11 is 0. The topological polar surface area (TPSA) is 37.4 Å². The molecule has 1 aliphatic rings. The van der Waals surface area contributed by atoms with Crippen molar-refractivity contribution in [3.63, 3.8) is 0 Å². The lowest BCUT2D eigenvalue weighted by atomic mass is 9.93. The van der Waals surface area contributed by atoms with Crippen LogP contribution < -0.4 is 15.0 Å². The monoisotopic (exact) mass is 331 g/mol. The second kappa shape index (κ2) is 6.48. The van der Waals surface area contributed by atoms with E-state index in [2.05, 4.69) is 52.6 Å². The van der Waals surface area contributed by atoms with Crippen molar-refractivity contribution < 1.29 is 4.74 Å². The van der Waals surface area contributed by atoms with E-state index in [1.807, 2.05) is 36.5 Å². The summed E-state index contributed by atoms with van der Waals surface area (Å²) in [7, 11) is 3.79. The number of hydrogen-bond acceptors (Lipinski definition) is 4. The fourth-order valence-corrected chi connectivity index (χ4v) is 3.41. The van der Waals surface area contributed by atoms with E-state index in [9.17, 15) is 0 Å². The predicted octanol–water partition coefficient (Wildman–Crippen LogP) is 4.42. The number of benzene rings is 2. The third-order valence-corrected chi connectivity index (χ3v) is 4.80. The minimum absolute atomic E-state index is 0.239. The quantitative estimate of drug-likeness (QED) is 0.768. The molecule has 0 bridgehead atoms. The zero-order chi connectivity index (χ0) is 17.2. The Morgan fingerprint density at radius 2 is 1.76 bits per heavy atom. The second-order valence-electron chi connectivity index (χ2n) is 6.20. The molecule has 1 N–H and O–H groups in total. The number of ether oxygens (including phenoxy) is 1. The Kier molecular flexibility index (Phi) is 4.02. The van der Waals surface area contributed by atoms with Crippen molar-refractivity contribution in [1.29, 1.82) is 0 Å². The molecular formula is C21H21N3O. The Morgan fingerprint density at radius 1 is 1.00 bits per heavy atom. The third-order valence-electron chi connectivity index (χ3n) is 4.80. The fraction of sp³-hybridized carbons (Fsp3) is 0.190. The van der Waals surface area contributed by atoms with Gasteiger partial charge in [-0.2, -0.15) is 0 Å². The number of nitrogens with one attached hydrogen (secondary N) is 1. The molecule has 0 aliphatic carbocycles. The standard InChI is InChI=1S/C21H21N3O/c1-24(15-8-4-3-5-9-15)16-12-18-19(14-23-21(18)22-13-16)17-10-6-7-11-20(17)25-2/h3-13,19H,14H2,1-2H3,(H,22,23). The van der Waals surface area contributed by atoms with Crippen LogP contribution in [-0.2, 0) is 0 Å². The van der Waals surface area contributed by atoms with Crippen molar-refractivity contribution in [2.24, 2.45) is 0 Å². The number of rotatable bonds is 4. The minimum atomic E-state index is 0.239. The average molecular weight is 331 g/mol. The van der Waals surface area contributed by atoms with Gasteiger partial charge in [-0.3, -0.25) is 0 Å². The molecule has 0 fully saturated rings. The summed E-state index contributed by atoms with van der Waals surface area (Å²) in [6.07, 6.45) is 1.92. The Bertz CT molecular complexity index is 879. The van der Waals surface area contributed by atoms with Gasteiger partial charge in [0.1, 0.15) is 11.6 Å². The van der Waals surface area contributed by atoms with Crippen LogP contribution >= 0.6 is 0 Å². The van der Waals surface area contributed by atoms with E-state index >= 15 is 0 Å². The van der Waals surface area contributed by atoms with Gasteiger partial charge in [0.25, 0.3) is 0 Å². The number of methoxy groups -OCH3 is 1. The molecule has 4 rings (SSSR count). The van der Waals surface area contributed by atoms with E-state index in [-0.39, 0.29) is 5.92 Å². The van der Waals surface area contributed by atoms with Gasteiger partial charge in [-0.1, -0.05) is 36.4 Å². The second-order valence-corrected chi connectivity index (χ2v) is 6.20. The minimum Gasteiger partial charge on any atom is -0.496 e. The van der Waals surface area contributed by atoms with Gasteiger partial charge >= 0.3 is 0 Å². The maximum atomic E-state index is 5.56. The molecule has 4 nitrogen and oxygen atoms in total. The van der Waals surface area contributed by atoms with Crippen molar-refractivity contribution in [3.8, 4) is 5.75 Å². The maximum Gasteiger partial charge on any atom is 0.130 e. The number of anilines is 3. The number of nitrogens with zero attached hydrogens (tertiary/aromatic N) is 2. The van der Waals surface area contributed by atoms with Gasteiger partial charge in [0, 0.05) is 36.3 Å². The Balaban J connectivity index is 1.73. The van der Waals surface area contributed by atoms with E-state index in [4.69, 9.17) is 4.74 Å². The van der Waals surface area contributed by atoms with Crippen LogP contribution in [0.2, 0.25) is 0 Å². The normalized spacial score (nSPS) is 15.4. The molecule has 2 heterocycles. The molecular weight excluding hydrogens is 310 g/mol. The predicted molar refractivity (Wildman–Crippen MR) is 102 cm³/mol. The molecule has 3 aromatic rings. The van der Waals surface area contributed by atoms with E-state index in [0.717, 1.165) is 29.5 Å². The van der Waals surface area contributed by atoms with Crippen LogP contribution in [0, 0.1) is 0 Å². The van der Waals surface area contributed by atoms with Gasteiger partial charge in [-0.25, -0.2) is 4.98 Å². The highest BCUT2D eigenvalue weighted by Crippen LogP contribution is 2.40. The lowest BCUT2D eigenvalue weighted by Gasteiger charge is -2.21. The molecule has 0 radical (unpaired) electrons. The first-order valence-electron chi connectivity index (χ1n) is 8.43. The van der Waals surface area contributed by atoms with Gasteiger partial charge < -0.3 is 15.0 Å². The Hall–Kier alpha value is -3.01. The van der Waals surface area contributed by atoms with Crippen molar-refractivity contribution in [1.82, 2.24) is 4.98 Å². The molecule has 25 heavy (non-hydrogen) atoms. The number of para-hydroxylation sites is 2. The van der Waals surface area contributed by atoms with E-state index < -0.39 is 0 Å². The van der Waals surface area contributed by atoms with Gasteiger partial charge in [0.2, 0.25) is 0 Å². The highest BCUT2D eigenvalue weighted by Gasteiger charge is 2.27. The summed E-state index contributed by atoms with van der Waals surface area (Å²) in [4.78, 5) is 6.80. The first-order valence-corrected chi connectivity index (χ1v) is 8.43. The molecule has 1 unspecified atom stereocenters. The van der Waals surface area contributed by atoms with Gasteiger partial charge in [-0.15, -0.1) is 0 Å². The van der Waals surface area contributed by atoms with Crippen LogP contribution in [0.1, 0.15) is 17.0 Å². The van der Waals surface area contributed by atoms with Crippen LogP contribution in [0.3, 0.4) is 0 Å². The number of hydrogen-bond donors (Lipinski definition) is 1. The van der Waals surface area contributed by atoms with E-state index in [1.165, 1.54) is 11.1 Å². The highest BCUT2D eigenvalue weighted by molar-refractivity contribution is 5.67. The van der Waals surface area contributed by atoms with Crippen molar-refractivity contribution in [2.75, 3.05) is 30.9 Å². The summed E-state index contributed by atoms with van der Waals surface area (Å²) in [5, 5.41) is 3.42. The van der Waals surface area contributed by atoms with Crippen molar-refractivity contribution in [3.05, 3.63) is 78.0 Å². The average Bonchev–Trinajstić information content (AvgIpc) is 3.11. The molecule has 0 saturated heterocycles. The largest absolute Gasteiger partial charge is 0.496 e. The lowest BCUT2D eigenvalue weighted by Crippen LogP contribution is -2.10. The van der Waals surface area contributed by atoms with Crippen molar-refractivity contribution >= 4 is 17.2 Å². The number of pyridine rings is 1. The molecule has 0 saturated carbocycles. The number of aromatic nitrogens is 1. The first-order chi connectivity index (χ1) is 12.3. The Morgan fingerprint density at radius 3 is 2.56 bits per heavy atom. The zero-order valence-corrected chi connectivity index (χ0v) is 14.4. The molecule has 1 aromatic heterocycles. The third kappa shape index (κ3) is 2.80. The van der Waals surface area contributed by atoms with Crippen molar-refractivity contribution in [2.45, 2.75) is 5.92 Å². The van der Waals surface area contributed by atoms with E-state index in [0.29, 0.717) is 0 Å². The molecule has 0 spiro atoms. The van der Waals surface area contributed by atoms with Gasteiger partial charge in [0.15, 0.2) is 0 Å².